The molecule has 0 amide bonds. The summed E-state index contributed by atoms with van der Waals surface area (Å²) < 4.78 is 0. The summed E-state index contributed by atoms with van der Waals surface area (Å²) >= 11 is 0. The smallest absolute Gasteiger partial charge is 0.335 e. The van der Waals surface area contributed by atoms with Gasteiger partial charge in [0.05, 0.1) is 5.57 Å². The van der Waals surface area contributed by atoms with E-state index in [4.69, 9.17) is 10.2 Å². The van der Waals surface area contributed by atoms with E-state index in [1.165, 1.54) is 12.2 Å². The van der Waals surface area contributed by atoms with Crippen LogP contribution >= 0.6 is 0 Å². The Hall–Kier alpha value is -1.58. The van der Waals surface area contributed by atoms with Crippen LogP contribution in [0.4, 0.5) is 0 Å². The Bertz CT molecular complexity index is 272. The zero-order valence-corrected chi connectivity index (χ0v) is 5.57. The first-order chi connectivity index (χ1) is 5.11. The van der Waals surface area contributed by atoms with E-state index in [1.54, 1.807) is 0 Å². The van der Waals surface area contributed by atoms with Crippen LogP contribution in [0, 0.1) is 0 Å². The molecule has 0 aliphatic heterocycles. The van der Waals surface area contributed by atoms with E-state index in [1.807, 2.05) is 0 Å². The van der Waals surface area contributed by atoms with Crippen LogP contribution < -0.4 is 0 Å². The Balaban J connectivity index is 2.79. The minimum Gasteiger partial charge on any atom is -0.478 e. The predicted molar refractivity (Wildman–Crippen MR) is 36.1 cm³/mol. The lowest BCUT2D eigenvalue weighted by Gasteiger charge is -1.88. The molecule has 2 N–H and O–H groups in total. The zero-order valence-electron chi connectivity index (χ0n) is 5.57. The lowest BCUT2D eigenvalue weighted by atomic mass is 10.2. The average Bonchev–Trinajstić information content (AvgIpc) is 2.33. The highest BCUT2D eigenvalue weighted by Crippen LogP contribution is 2.17. The maximum Gasteiger partial charge on any atom is 0.335 e. The monoisotopic (exact) mass is 154 g/mol. The first-order valence-corrected chi connectivity index (χ1v) is 2.98. The lowest BCUT2D eigenvalue weighted by molar-refractivity contribution is -0.133. The van der Waals surface area contributed by atoms with Gasteiger partial charge in [0.2, 0.25) is 0 Å². The van der Waals surface area contributed by atoms with E-state index in [2.05, 4.69) is 0 Å². The Morgan fingerprint density at radius 1 is 1.27 bits per heavy atom. The van der Waals surface area contributed by atoms with E-state index in [9.17, 15) is 9.59 Å². The van der Waals surface area contributed by atoms with Crippen molar-refractivity contribution in [3.05, 3.63) is 23.3 Å². The molecule has 1 aliphatic carbocycles. The van der Waals surface area contributed by atoms with Crippen LogP contribution in [0.15, 0.2) is 23.3 Å². The van der Waals surface area contributed by atoms with Gasteiger partial charge in [0.1, 0.15) is 0 Å². The van der Waals surface area contributed by atoms with E-state index in [0.717, 1.165) is 0 Å². The molecular weight excluding hydrogens is 148 g/mol. The van der Waals surface area contributed by atoms with Gasteiger partial charge in [-0.15, -0.1) is 0 Å². The van der Waals surface area contributed by atoms with E-state index < -0.39 is 11.9 Å². The molecule has 4 nitrogen and oxygen atoms in total. The molecule has 0 aromatic rings. The Morgan fingerprint density at radius 2 is 1.91 bits per heavy atom. The van der Waals surface area contributed by atoms with E-state index in [-0.39, 0.29) is 17.6 Å². The molecule has 0 saturated carbocycles. The number of aliphatic carboxylic acids is 2. The summed E-state index contributed by atoms with van der Waals surface area (Å²) in [5, 5.41) is 16.8. The second kappa shape index (κ2) is 2.57. The van der Waals surface area contributed by atoms with Crippen LogP contribution in [0.1, 0.15) is 6.42 Å². The highest BCUT2D eigenvalue weighted by Gasteiger charge is 2.16. The molecule has 0 aromatic heterocycles. The molecule has 0 heterocycles. The van der Waals surface area contributed by atoms with Gasteiger partial charge in [-0.3, -0.25) is 0 Å². The fourth-order valence-electron chi connectivity index (χ4n) is 0.824. The van der Waals surface area contributed by atoms with Gasteiger partial charge in [0, 0.05) is 5.57 Å². The van der Waals surface area contributed by atoms with Gasteiger partial charge in [0.15, 0.2) is 0 Å². The van der Waals surface area contributed by atoms with Gasteiger partial charge in [-0.05, 0) is 12.5 Å². The van der Waals surface area contributed by atoms with Crippen molar-refractivity contribution in [2.45, 2.75) is 6.42 Å². The molecule has 1 rings (SSSR count). The van der Waals surface area contributed by atoms with Crippen molar-refractivity contribution in [2.24, 2.45) is 0 Å². The van der Waals surface area contributed by atoms with Crippen molar-refractivity contribution in [1.29, 1.82) is 0 Å². The molecule has 4 heteroatoms. The molecule has 0 fully saturated rings. The Morgan fingerprint density at radius 3 is 2.18 bits per heavy atom. The van der Waals surface area contributed by atoms with Gasteiger partial charge in [-0.2, -0.15) is 0 Å². The standard InChI is InChI=1S/C7H6O4/c8-6(9)4-1-2-5(3-4)7(10)11/h1,3H,2H2,(H,8,9)(H,10,11). The van der Waals surface area contributed by atoms with Crippen molar-refractivity contribution >= 4 is 11.9 Å². The van der Waals surface area contributed by atoms with E-state index in [0.29, 0.717) is 0 Å². The number of carboxylic acids is 2. The number of carboxylic acid groups (broad SMARTS) is 2. The normalized spacial score (nSPS) is 15.6. The fourth-order valence-corrected chi connectivity index (χ4v) is 0.824. The first kappa shape index (κ1) is 7.53. The highest BCUT2D eigenvalue weighted by atomic mass is 16.4. The van der Waals surface area contributed by atoms with Crippen molar-refractivity contribution in [1.82, 2.24) is 0 Å². The fraction of sp³-hybridized carbons (Fsp3) is 0.143. The predicted octanol–water partition coefficient (Wildman–Crippen LogP) is 0.412. The molecule has 0 spiro atoms. The number of allylic oxidation sites excluding steroid dienone is 1. The molecular formula is C7H6O4. The SMILES string of the molecule is O=C(O)C1=CCC(C(=O)O)=C1. The van der Waals surface area contributed by atoms with Crippen molar-refractivity contribution in [3.63, 3.8) is 0 Å². The van der Waals surface area contributed by atoms with Gasteiger partial charge in [0.25, 0.3) is 0 Å². The average molecular weight is 154 g/mol. The molecule has 11 heavy (non-hydrogen) atoms. The number of rotatable bonds is 2. The third-order valence-corrected chi connectivity index (χ3v) is 1.39. The quantitative estimate of drug-likeness (QED) is 0.604. The van der Waals surface area contributed by atoms with Crippen LogP contribution in [-0.2, 0) is 9.59 Å². The van der Waals surface area contributed by atoms with Crippen molar-refractivity contribution in [2.75, 3.05) is 0 Å². The molecule has 0 aromatic carbocycles. The van der Waals surface area contributed by atoms with Crippen LogP contribution in [-0.4, -0.2) is 22.2 Å². The molecule has 0 bridgehead atoms. The topological polar surface area (TPSA) is 74.6 Å². The number of hydrogen-bond donors (Lipinski definition) is 2. The molecule has 0 unspecified atom stereocenters. The Kier molecular flexibility index (Phi) is 1.76. The van der Waals surface area contributed by atoms with Gasteiger partial charge in [-0.1, -0.05) is 6.08 Å². The maximum absolute atomic E-state index is 10.3. The highest BCUT2D eigenvalue weighted by molar-refractivity contribution is 5.97. The van der Waals surface area contributed by atoms with Crippen molar-refractivity contribution < 1.29 is 19.8 Å². The van der Waals surface area contributed by atoms with Gasteiger partial charge in [-0.25, -0.2) is 9.59 Å². The summed E-state index contributed by atoms with van der Waals surface area (Å²) in [5.74, 6) is -2.14. The minimum absolute atomic E-state index is 0.0578. The van der Waals surface area contributed by atoms with Crippen LogP contribution in [0.25, 0.3) is 0 Å². The zero-order chi connectivity index (χ0) is 8.43. The molecule has 58 valence electrons. The third-order valence-electron chi connectivity index (χ3n) is 1.39. The molecule has 0 atom stereocenters. The summed E-state index contributed by atoms with van der Waals surface area (Å²) in [6.45, 7) is 0. The van der Waals surface area contributed by atoms with E-state index >= 15 is 0 Å². The van der Waals surface area contributed by atoms with Gasteiger partial charge >= 0.3 is 11.9 Å². The lowest BCUT2D eigenvalue weighted by Crippen LogP contribution is -1.98. The summed E-state index contributed by atoms with van der Waals surface area (Å²) in [5.41, 5.74) is 0.185. The summed E-state index contributed by atoms with van der Waals surface area (Å²) in [6, 6.07) is 0. The number of hydrogen-bond acceptors (Lipinski definition) is 2. The maximum atomic E-state index is 10.3. The summed E-state index contributed by atoms with van der Waals surface area (Å²) in [4.78, 5) is 20.5. The second-order valence-electron chi connectivity index (χ2n) is 2.14. The first-order valence-electron chi connectivity index (χ1n) is 2.98. The number of carbonyl (C=O) groups is 2. The minimum atomic E-state index is -1.08. The third kappa shape index (κ3) is 1.46. The summed E-state index contributed by atoms with van der Waals surface area (Å²) in [6.07, 6.45) is 2.76. The molecule has 1 aliphatic rings. The summed E-state index contributed by atoms with van der Waals surface area (Å²) in [7, 11) is 0. The van der Waals surface area contributed by atoms with Gasteiger partial charge < -0.3 is 10.2 Å². The largest absolute Gasteiger partial charge is 0.478 e. The van der Waals surface area contributed by atoms with Crippen molar-refractivity contribution in [3.8, 4) is 0 Å². The van der Waals surface area contributed by atoms with Crippen LogP contribution in [0.2, 0.25) is 0 Å². The second-order valence-corrected chi connectivity index (χ2v) is 2.14. The molecule has 0 radical (unpaired) electrons. The van der Waals surface area contributed by atoms with Crippen LogP contribution in [0.3, 0.4) is 0 Å². The molecule has 0 saturated heterocycles. The Labute approximate surface area is 62.5 Å². The van der Waals surface area contributed by atoms with Crippen LogP contribution in [0.5, 0.6) is 0 Å².